The van der Waals surface area contributed by atoms with Crippen molar-refractivity contribution in [2.75, 3.05) is 39.1 Å². The van der Waals surface area contributed by atoms with Crippen LogP contribution in [0.2, 0.25) is 0 Å². The second kappa shape index (κ2) is 13.0. The highest BCUT2D eigenvalue weighted by Crippen LogP contribution is 2.33. The average molecular weight is 554 g/mol. The minimum Gasteiger partial charge on any atom is -0.492 e. The summed E-state index contributed by atoms with van der Waals surface area (Å²) >= 11 is 0. The zero-order valence-corrected chi connectivity index (χ0v) is 24.1. The molecule has 5 rings (SSSR count). The number of ether oxygens (including phenoxy) is 1. The monoisotopic (exact) mass is 553 g/mol. The fourth-order valence-corrected chi connectivity index (χ4v) is 5.39. The van der Waals surface area contributed by atoms with E-state index >= 15 is 0 Å². The molecule has 1 fully saturated rings. The van der Waals surface area contributed by atoms with E-state index in [1.54, 1.807) is 19.2 Å². The Kier molecular flexibility index (Phi) is 8.94. The topological polar surface area (TPSA) is 118 Å². The van der Waals surface area contributed by atoms with Gasteiger partial charge in [0, 0.05) is 48.3 Å². The Hall–Kier alpha value is -4.24. The number of amides is 1. The van der Waals surface area contributed by atoms with E-state index in [1.165, 1.54) is 0 Å². The SMILES string of the molecule is CCOc1cc(C(=O)NC2CCN(C)CC2)ccc1Nc1ncc2c(n1)C(C(Cc1ccccc1)=NC)=C(N)CC2. The molecule has 1 amide bonds. The Morgan fingerprint density at radius 3 is 2.66 bits per heavy atom. The number of carbonyl (C=O) groups is 1. The van der Waals surface area contributed by atoms with E-state index in [9.17, 15) is 4.79 Å². The maximum atomic E-state index is 13.0. The molecule has 0 atom stereocenters. The molecule has 0 unspecified atom stereocenters. The predicted molar refractivity (Wildman–Crippen MR) is 164 cm³/mol. The molecule has 9 nitrogen and oxygen atoms in total. The molecule has 214 valence electrons. The number of benzene rings is 2. The fourth-order valence-electron chi connectivity index (χ4n) is 5.39. The molecule has 1 saturated heterocycles. The number of nitrogens with two attached hydrogens (primary N) is 1. The van der Waals surface area contributed by atoms with Crippen LogP contribution in [0, 0.1) is 0 Å². The summed E-state index contributed by atoms with van der Waals surface area (Å²) in [6.07, 6.45) is 5.94. The van der Waals surface area contributed by atoms with Crippen LogP contribution in [-0.4, -0.2) is 66.3 Å². The molecule has 1 aliphatic heterocycles. The highest BCUT2D eigenvalue weighted by molar-refractivity contribution is 6.25. The molecule has 41 heavy (non-hydrogen) atoms. The first kappa shape index (κ1) is 28.3. The van der Waals surface area contributed by atoms with Gasteiger partial charge in [0.2, 0.25) is 5.95 Å². The third kappa shape index (κ3) is 6.74. The molecule has 0 radical (unpaired) electrons. The summed E-state index contributed by atoms with van der Waals surface area (Å²) in [5.74, 6) is 0.905. The van der Waals surface area contributed by atoms with Crippen LogP contribution >= 0.6 is 0 Å². The molecule has 1 aromatic heterocycles. The number of aromatic nitrogens is 2. The summed E-state index contributed by atoms with van der Waals surface area (Å²) in [5, 5.41) is 6.49. The second-order valence-corrected chi connectivity index (χ2v) is 10.6. The van der Waals surface area contributed by atoms with Crippen molar-refractivity contribution in [3.63, 3.8) is 0 Å². The van der Waals surface area contributed by atoms with Gasteiger partial charge in [0.1, 0.15) is 5.75 Å². The molecule has 0 spiro atoms. The minimum atomic E-state index is -0.0906. The number of nitrogens with zero attached hydrogens (tertiary/aromatic N) is 4. The molecule has 0 bridgehead atoms. The van der Waals surface area contributed by atoms with Crippen LogP contribution in [0.3, 0.4) is 0 Å². The number of piperidine rings is 1. The first-order chi connectivity index (χ1) is 19.9. The van der Waals surface area contributed by atoms with E-state index in [-0.39, 0.29) is 11.9 Å². The van der Waals surface area contributed by atoms with Crippen molar-refractivity contribution in [2.45, 2.75) is 45.1 Å². The Balaban J connectivity index is 1.38. The van der Waals surface area contributed by atoms with E-state index in [2.05, 4.69) is 44.7 Å². The van der Waals surface area contributed by atoms with Crippen LogP contribution in [0.1, 0.15) is 53.4 Å². The fraction of sp³-hybridized carbons (Fsp3) is 0.375. The van der Waals surface area contributed by atoms with Gasteiger partial charge >= 0.3 is 0 Å². The van der Waals surface area contributed by atoms with Crippen molar-refractivity contribution in [3.05, 3.63) is 82.8 Å². The molecule has 3 aromatic rings. The molecule has 9 heteroatoms. The van der Waals surface area contributed by atoms with Gasteiger partial charge in [0.05, 0.1) is 18.0 Å². The lowest BCUT2D eigenvalue weighted by atomic mass is 9.88. The van der Waals surface area contributed by atoms with Crippen molar-refractivity contribution >= 4 is 28.8 Å². The minimum absolute atomic E-state index is 0.0906. The number of allylic oxidation sites excluding steroid dienone is 2. The van der Waals surface area contributed by atoms with Gasteiger partial charge in [0.15, 0.2) is 0 Å². The smallest absolute Gasteiger partial charge is 0.251 e. The molecule has 1 aliphatic carbocycles. The predicted octanol–water partition coefficient (Wildman–Crippen LogP) is 4.37. The van der Waals surface area contributed by atoms with Crippen LogP contribution in [0.25, 0.3) is 5.57 Å². The molecule has 2 aliphatic rings. The summed E-state index contributed by atoms with van der Waals surface area (Å²) in [7, 11) is 3.91. The maximum Gasteiger partial charge on any atom is 0.251 e. The normalized spacial score (nSPS) is 16.3. The molecule has 4 N–H and O–H groups in total. The van der Waals surface area contributed by atoms with E-state index in [4.69, 9.17) is 15.5 Å². The third-order valence-corrected chi connectivity index (χ3v) is 7.70. The van der Waals surface area contributed by atoms with Crippen molar-refractivity contribution in [1.29, 1.82) is 0 Å². The van der Waals surface area contributed by atoms with Crippen LogP contribution < -0.4 is 21.1 Å². The number of aliphatic imine (C=N–C) groups is 1. The Bertz CT molecular complexity index is 1440. The van der Waals surface area contributed by atoms with Crippen molar-refractivity contribution < 1.29 is 9.53 Å². The van der Waals surface area contributed by atoms with Gasteiger partial charge in [-0.2, -0.15) is 0 Å². The maximum absolute atomic E-state index is 13.0. The highest BCUT2D eigenvalue weighted by atomic mass is 16.5. The summed E-state index contributed by atoms with van der Waals surface area (Å²) in [4.78, 5) is 29.4. The van der Waals surface area contributed by atoms with E-state index < -0.39 is 0 Å². The van der Waals surface area contributed by atoms with Crippen LogP contribution in [-0.2, 0) is 12.8 Å². The number of rotatable bonds is 9. The first-order valence-electron chi connectivity index (χ1n) is 14.3. The number of nitrogens with one attached hydrogen (secondary N) is 2. The standard InChI is InChI=1S/C32H39N7O2/c1-4-41-28-19-22(31(40)36-24-14-16-39(3)17-15-24)11-13-26(28)37-32-35-20-23-10-12-25(33)29(30(23)38-32)27(34-2)18-21-8-6-5-7-9-21/h5-9,11,13,19-20,24H,4,10,12,14-18,33H2,1-3H3,(H,36,40)(H,35,37,38). The Morgan fingerprint density at radius 1 is 1.15 bits per heavy atom. The van der Waals surface area contributed by atoms with Crippen LogP contribution in [0.4, 0.5) is 11.6 Å². The van der Waals surface area contributed by atoms with Gasteiger partial charge in [-0.1, -0.05) is 30.3 Å². The Morgan fingerprint density at radius 2 is 1.93 bits per heavy atom. The summed E-state index contributed by atoms with van der Waals surface area (Å²) < 4.78 is 5.92. The van der Waals surface area contributed by atoms with Gasteiger partial charge in [-0.3, -0.25) is 9.79 Å². The van der Waals surface area contributed by atoms with Crippen LogP contribution in [0.5, 0.6) is 5.75 Å². The number of hydrogen-bond donors (Lipinski definition) is 3. The largest absolute Gasteiger partial charge is 0.492 e. The molecular weight excluding hydrogens is 514 g/mol. The average Bonchev–Trinajstić information content (AvgIpc) is 2.99. The highest BCUT2D eigenvalue weighted by Gasteiger charge is 2.25. The van der Waals surface area contributed by atoms with E-state index in [1.807, 2.05) is 37.4 Å². The van der Waals surface area contributed by atoms with Crippen molar-refractivity contribution in [2.24, 2.45) is 10.7 Å². The number of fused-ring (bicyclic) bond motifs is 1. The van der Waals surface area contributed by atoms with Crippen LogP contribution in [0.15, 0.2) is 65.4 Å². The van der Waals surface area contributed by atoms with Gasteiger partial charge < -0.3 is 26.0 Å². The Labute approximate surface area is 241 Å². The van der Waals surface area contributed by atoms with Gasteiger partial charge in [-0.15, -0.1) is 0 Å². The van der Waals surface area contributed by atoms with E-state index in [0.29, 0.717) is 36.0 Å². The summed E-state index contributed by atoms with van der Waals surface area (Å²) in [6.45, 7) is 4.35. The lowest BCUT2D eigenvalue weighted by molar-refractivity contribution is 0.0916. The van der Waals surface area contributed by atoms with E-state index in [0.717, 1.165) is 72.6 Å². The van der Waals surface area contributed by atoms with Crippen molar-refractivity contribution in [1.82, 2.24) is 20.2 Å². The van der Waals surface area contributed by atoms with Crippen molar-refractivity contribution in [3.8, 4) is 5.75 Å². The van der Waals surface area contributed by atoms with Gasteiger partial charge in [0.25, 0.3) is 5.91 Å². The molecule has 2 aromatic carbocycles. The quantitative estimate of drug-likeness (QED) is 0.337. The first-order valence-corrected chi connectivity index (χ1v) is 14.3. The number of hydrogen-bond acceptors (Lipinski definition) is 8. The lowest BCUT2D eigenvalue weighted by Crippen LogP contribution is -2.43. The molecule has 2 heterocycles. The van der Waals surface area contributed by atoms with Gasteiger partial charge in [-0.25, -0.2) is 9.97 Å². The zero-order valence-electron chi connectivity index (χ0n) is 24.1. The summed E-state index contributed by atoms with van der Waals surface area (Å²) in [5.41, 5.74) is 13.4. The number of carbonyl (C=O) groups excluding carboxylic acids is 1. The lowest BCUT2D eigenvalue weighted by Gasteiger charge is -2.29. The van der Waals surface area contributed by atoms with Gasteiger partial charge in [-0.05, 0) is 82.1 Å². The summed E-state index contributed by atoms with van der Waals surface area (Å²) in [6, 6.07) is 15.8. The zero-order chi connectivity index (χ0) is 28.8. The number of anilines is 2. The third-order valence-electron chi connectivity index (χ3n) is 7.70. The number of likely N-dealkylation sites (tertiary alicyclic amines) is 1. The molecule has 0 saturated carbocycles. The molecular formula is C32H39N7O2. The number of aryl methyl sites for hydroxylation is 1. The second-order valence-electron chi connectivity index (χ2n) is 10.6.